The van der Waals surface area contributed by atoms with Crippen LogP contribution in [0, 0.1) is 18.6 Å². The number of nitrogens with zero attached hydrogens (tertiary/aromatic N) is 6. The first-order valence-corrected chi connectivity index (χ1v) is 21.4. The number of aromatic nitrogens is 3. The fraction of sp³-hybridized carbons (Fsp3) is 0.422. The van der Waals surface area contributed by atoms with E-state index in [1.807, 2.05) is 4.90 Å². The van der Waals surface area contributed by atoms with Crippen LogP contribution in [0.1, 0.15) is 62.8 Å². The van der Waals surface area contributed by atoms with Gasteiger partial charge in [0.2, 0.25) is 5.88 Å². The maximum absolute atomic E-state index is 17.5. The van der Waals surface area contributed by atoms with Crippen molar-refractivity contribution in [1.82, 2.24) is 19.9 Å². The van der Waals surface area contributed by atoms with E-state index in [9.17, 15) is 4.79 Å². The summed E-state index contributed by atoms with van der Waals surface area (Å²) >= 11 is 1.14. The predicted molar refractivity (Wildman–Crippen MR) is 226 cm³/mol. The number of anilines is 2. The fourth-order valence-corrected chi connectivity index (χ4v) is 9.34. The van der Waals surface area contributed by atoms with Gasteiger partial charge < -0.3 is 28.7 Å². The lowest BCUT2D eigenvalue weighted by Gasteiger charge is -2.48. The molecule has 3 aromatic carbocycles. The van der Waals surface area contributed by atoms with Gasteiger partial charge in [0.15, 0.2) is 11.0 Å². The molecule has 0 N–H and O–H groups in total. The summed E-state index contributed by atoms with van der Waals surface area (Å²) in [5, 5.41) is 0.263. The van der Waals surface area contributed by atoms with Crippen molar-refractivity contribution < 1.29 is 45.7 Å². The van der Waals surface area contributed by atoms with Crippen LogP contribution in [0.5, 0.6) is 17.4 Å². The Morgan fingerprint density at radius 3 is 2.08 bits per heavy atom. The van der Waals surface area contributed by atoms with Crippen molar-refractivity contribution in [1.29, 1.82) is 0 Å². The minimum Gasteiger partial charge on any atom is -0.497 e. The Morgan fingerprint density at radius 2 is 1.53 bits per heavy atom. The molecule has 5 heterocycles. The Morgan fingerprint density at radius 1 is 0.919 bits per heavy atom. The van der Waals surface area contributed by atoms with Gasteiger partial charge in [-0.3, -0.25) is 4.90 Å². The predicted octanol–water partition coefficient (Wildman–Crippen LogP) is 9.98. The molecular weight excluding hydrogens is 832 g/mol. The van der Waals surface area contributed by atoms with Crippen LogP contribution in [0.2, 0.25) is 0 Å². The average molecular weight is 879 g/mol. The number of piperazine rings is 1. The molecule has 2 saturated heterocycles. The van der Waals surface area contributed by atoms with Gasteiger partial charge in [0.25, 0.3) is 0 Å². The molecule has 2 aromatic heterocycles. The van der Waals surface area contributed by atoms with Gasteiger partial charge >= 0.3 is 12.3 Å². The number of benzene rings is 3. The third-order valence-corrected chi connectivity index (χ3v) is 12.2. The molecule has 4 atom stereocenters. The van der Waals surface area contributed by atoms with Crippen molar-refractivity contribution in [2.24, 2.45) is 0 Å². The molecule has 2 bridgehead atoms. The molecule has 5 aromatic rings. The molecule has 1 amide bonds. The molecule has 0 spiro atoms. The number of pyridine rings is 1. The van der Waals surface area contributed by atoms with Crippen LogP contribution in [-0.2, 0) is 24.0 Å². The van der Waals surface area contributed by atoms with E-state index in [1.54, 1.807) is 92.3 Å². The normalized spacial score (nSPS) is 19.5. The largest absolute Gasteiger partial charge is 0.497 e. The Labute approximate surface area is 360 Å². The summed E-state index contributed by atoms with van der Waals surface area (Å²) < 4.78 is 103. The summed E-state index contributed by atoms with van der Waals surface area (Å²) in [6.45, 7) is 8.64. The first-order valence-electron chi connectivity index (χ1n) is 20.2. The third-order valence-electron chi connectivity index (χ3n) is 11.7. The zero-order valence-corrected chi connectivity index (χ0v) is 36.4. The van der Waals surface area contributed by atoms with E-state index in [4.69, 9.17) is 23.9 Å². The number of fused-ring (bicyclic) bond motifs is 5. The Balaban J connectivity index is 1.30. The second-order valence-electron chi connectivity index (χ2n) is 16.8. The molecule has 0 saturated carbocycles. The van der Waals surface area contributed by atoms with Gasteiger partial charge in [0, 0.05) is 25.2 Å². The second-order valence-corrected chi connectivity index (χ2v) is 17.6. The Kier molecular flexibility index (Phi) is 11.3. The highest BCUT2D eigenvalue weighted by atomic mass is 32.2. The number of amides is 1. The van der Waals surface area contributed by atoms with Gasteiger partial charge in [0.05, 0.1) is 43.6 Å². The number of methoxy groups -OCH3 is 2. The fourth-order valence-electron chi connectivity index (χ4n) is 8.98. The molecule has 0 unspecified atom stereocenters. The first kappa shape index (κ1) is 43.1. The maximum atomic E-state index is 17.5. The van der Waals surface area contributed by atoms with Crippen LogP contribution in [0.3, 0.4) is 0 Å². The number of carbonyl (C=O) groups excluding carboxylic acids is 1. The van der Waals surface area contributed by atoms with E-state index in [1.165, 1.54) is 14.2 Å². The second kappa shape index (κ2) is 16.3. The van der Waals surface area contributed by atoms with E-state index in [-0.39, 0.29) is 52.8 Å². The van der Waals surface area contributed by atoms with Crippen LogP contribution in [0.15, 0.2) is 59.8 Å². The van der Waals surface area contributed by atoms with Crippen LogP contribution < -0.4 is 24.0 Å². The average Bonchev–Trinajstić information content (AvgIpc) is 3.48. The van der Waals surface area contributed by atoms with Crippen LogP contribution in [0.25, 0.3) is 22.2 Å². The molecular formula is C45H47F5N6O5S. The highest BCUT2D eigenvalue weighted by Crippen LogP contribution is 2.49. The smallest absolute Gasteiger partial charge is 0.417 e. The van der Waals surface area contributed by atoms with Crippen molar-refractivity contribution >= 4 is 40.3 Å². The Hall–Kier alpha value is -5.58. The molecule has 11 nitrogen and oxygen atoms in total. The minimum absolute atomic E-state index is 0.0596. The van der Waals surface area contributed by atoms with Gasteiger partial charge in [-0.25, -0.2) is 28.5 Å². The SMILES string of the molecule is COc1ccc(CN(Cc2ccc(OC)cc2)c2cc(-c3nc4c5c(nc(SC)nc5c3F)N3C[C@H]5CC[C@@H]([C@H]3[C@H](C)O4)N5C(=O)OC(C)(C)C)c(C(F)(F)F)c(C)c2F)cc1. The number of thioether (sulfide) groups is 1. The third kappa shape index (κ3) is 7.88. The van der Waals surface area contributed by atoms with Crippen molar-refractivity contribution in [3.63, 3.8) is 0 Å². The molecule has 328 valence electrons. The lowest BCUT2D eigenvalue weighted by atomic mass is 9.95. The van der Waals surface area contributed by atoms with Crippen molar-refractivity contribution in [3.05, 3.63) is 88.5 Å². The van der Waals surface area contributed by atoms with E-state index >= 15 is 22.0 Å². The van der Waals surface area contributed by atoms with Gasteiger partial charge in [-0.1, -0.05) is 36.0 Å². The standard InChI is InChI=1S/C45H47F5N6O5S/c1-23-34(45(48,49)50)30(19-32(35(23)46)54(20-25-9-14-28(58-6)15-10-25)21-26-11-16-29(59-7)17-12-26)37-36(47)38-33-40(53-42(52-38)62-8)55-22-27-13-18-31(39(55)24(2)60-41(33)51-37)56(27)43(57)61-44(3,4)5/h9-12,14-17,19,24,27,31,39H,13,18,20-22H2,1-8H3/t24-,27+,31-,39+/m0/s1. The van der Waals surface area contributed by atoms with Crippen molar-refractivity contribution in [2.75, 3.05) is 36.8 Å². The molecule has 8 rings (SSSR count). The van der Waals surface area contributed by atoms with Crippen molar-refractivity contribution in [3.8, 4) is 28.6 Å². The van der Waals surface area contributed by atoms with Gasteiger partial charge in [-0.15, -0.1) is 0 Å². The lowest BCUT2D eigenvalue weighted by molar-refractivity contribution is -0.137. The number of hydrogen-bond acceptors (Lipinski definition) is 11. The summed E-state index contributed by atoms with van der Waals surface area (Å²) in [5.74, 6) is -0.965. The number of hydrogen-bond donors (Lipinski definition) is 0. The highest BCUT2D eigenvalue weighted by Gasteiger charge is 2.54. The molecule has 62 heavy (non-hydrogen) atoms. The number of ether oxygens (including phenoxy) is 4. The van der Waals surface area contributed by atoms with E-state index < -0.39 is 64.0 Å². The lowest BCUT2D eigenvalue weighted by Crippen LogP contribution is -2.65. The molecule has 0 aliphatic carbocycles. The minimum atomic E-state index is -5.13. The summed E-state index contributed by atoms with van der Waals surface area (Å²) in [7, 11) is 3.05. The summed E-state index contributed by atoms with van der Waals surface area (Å²) in [6, 6.07) is 13.9. The monoisotopic (exact) mass is 878 g/mol. The quantitative estimate of drug-likeness (QED) is 0.0804. The summed E-state index contributed by atoms with van der Waals surface area (Å²) in [4.78, 5) is 32.8. The van der Waals surface area contributed by atoms with Crippen molar-refractivity contribution in [2.45, 2.75) is 102 Å². The Bertz CT molecular complexity index is 2470. The van der Waals surface area contributed by atoms with E-state index in [0.717, 1.165) is 24.8 Å². The van der Waals surface area contributed by atoms with Crippen LogP contribution >= 0.6 is 11.8 Å². The molecule has 0 radical (unpaired) electrons. The number of carbonyl (C=O) groups is 1. The highest BCUT2D eigenvalue weighted by molar-refractivity contribution is 7.98. The number of alkyl halides is 3. The molecule has 3 aliphatic heterocycles. The maximum Gasteiger partial charge on any atom is 0.417 e. The molecule has 2 fully saturated rings. The zero-order chi connectivity index (χ0) is 44.4. The molecule has 17 heteroatoms. The topological polar surface area (TPSA) is 102 Å². The zero-order valence-electron chi connectivity index (χ0n) is 35.6. The van der Waals surface area contributed by atoms with Crippen LogP contribution in [0.4, 0.5) is 38.3 Å². The van der Waals surface area contributed by atoms with Crippen LogP contribution in [-0.4, -0.2) is 82.8 Å². The van der Waals surface area contributed by atoms with Gasteiger partial charge in [0.1, 0.15) is 51.4 Å². The first-order chi connectivity index (χ1) is 29.4. The number of halogens is 5. The van der Waals surface area contributed by atoms with E-state index in [0.29, 0.717) is 47.8 Å². The summed E-state index contributed by atoms with van der Waals surface area (Å²) in [5.41, 5.74) is -3.33. The van der Waals surface area contributed by atoms with Gasteiger partial charge in [-0.2, -0.15) is 13.2 Å². The summed E-state index contributed by atoms with van der Waals surface area (Å²) in [6.07, 6.45) is -3.29. The molecule has 3 aliphatic rings. The number of rotatable bonds is 9. The van der Waals surface area contributed by atoms with E-state index in [2.05, 4.69) is 9.97 Å². The van der Waals surface area contributed by atoms with Gasteiger partial charge in [-0.05, 0) is 101 Å².